The summed E-state index contributed by atoms with van der Waals surface area (Å²) in [7, 11) is 1.43. The van der Waals surface area contributed by atoms with E-state index in [2.05, 4.69) is 17.2 Å². The van der Waals surface area contributed by atoms with Crippen LogP contribution < -0.4 is 10.1 Å². The molecule has 1 fully saturated rings. The van der Waals surface area contributed by atoms with Crippen molar-refractivity contribution in [2.24, 2.45) is 0 Å². The van der Waals surface area contributed by atoms with Gasteiger partial charge in [-0.15, -0.1) is 0 Å². The number of benzene rings is 2. The molecule has 6 heteroatoms. The number of aromatic hydroxyl groups is 1. The van der Waals surface area contributed by atoms with Crippen molar-refractivity contribution in [3.8, 4) is 23.3 Å². The van der Waals surface area contributed by atoms with E-state index in [1.807, 2.05) is 12.1 Å². The number of rotatable bonds is 3. The average Bonchev–Trinajstić information content (AvgIpc) is 2.67. The second kappa shape index (κ2) is 8.55. The molecule has 2 aromatic rings. The minimum Gasteiger partial charge on any atom is -0.504 e. The van der Waals surface area contributed by atoms with Gasteiger partial charge < -0.3 is 20.3 Å². The molecule has 146 valence electrons. The second-order valence-corrected chi connectivity index (χ2v) is 7.38. The second-order valence-electron chi connectivity index (χ2n) is 6.95. The number of ether oxygens (including phenoxy) is 1. The van der Waals surface area contributed by atoms with Gasteiger partial charge in [-0.05, 0) is 55.7 Å². The van der Waals surface area contributed by atoms with Gasteiger partial charge in [0.15, 0.2) is 11.5 Å². The predicted octanol–water partition coefficient (Wildman–Crippen LogP) is 3.51. The lowest BCUT2D eigenvalue weighted by Gasteiger charge is -2.33. The normalized spacial score (nSPS) is 21.3. The van der Waals surface area contributed by atoms with Crippen molar-refractivity contribution < 1.29 is 19.7 Å². The van der Waals surface area contributed by atoms with Gasteiger partial charge in [0, 0.05) is 28.6 Å². The Hall–Kier alpha value is -2.68. The van der Waals surface area contributed by atoms with Gasteiger partial charge in [-0.1, -0.05) is 29.5 Å². The first kappa shape index (κ1) is 20.1. The fourth-order valence-electron chi connectivity index (χ4n) is 3.33. The number of aliphatic hydroxyl groups is 1. The number of halogens is 1. The third-order valence-corrected chi connectivity index (χ3v) is 5.00. The molecular formula is C22H22ClNO4. The molecule has 0 aliphatic heterocycles. The Morgan fingerprint density at radius 3 is 2.89 bits per heavy atom. The monoisotopic (exact) mass is 399 g/mol. The first-order chi connectivity index (χ1) is 13.4. The van der Waals surface area contributed by atoms with Crippen LogP contribution in [0.25, 0.3) is 0 Å². The Labute approximate surface area is 169 Å². The van der Waals surface area contributed by atoms with Crippen molar-refractivity contribution in [1.29, 1.82) is 0 Å². The fraction of sp³-hybridized carbons (Fsp3) is 0.318. The highest BCUT2D eigenvalue weighted by molar-refractivity contribution is 6.30. The quantitative estimate of drug-likeness (QED) is 0.690. The van der Waals surface area contributed by atoms with Crippen LogP contribution in [0.4, 0.5) is 0 Å². The molecule has 5 nitrogen and oxygen atoms in total. The van der Waals surface area contributed by atoms with Gasteiger partial charge in [0.05, 0.1) is 7.11 Å². The summed E-state index contributed by atoms with van der Waals surface area (Å²) in [6, 6.07) is 11.4. The third-order valence-electron chi connectivity index (χ3n) is 4.77. The summed E-state index contributed by atoms with van der Waals surface area (Å²) in [5.74, 6) is 5.86. The molecule has 1 saturated carbocycles. The molecule has 1 amide bonds. The molecule has 2 atom stereocenters. The SMILES string of the molecule is COc1cc(C(=O)N[C@H]2CCC[C@@](O)(C#Cc3cccc(Cl)c3)C2)ccc1O. The van der Waals surface area contributed by atoms with Crippen LogP contribution in [0.5, 0.6) is 11.5 Å². The summed E-state index contributed by atoms with van der Waals surface area (Å²) in [5.41, 5.74) is -0.0393. The summed E-state index contributed by atoms with van der Waals surface area (Å²) in [4.78, 5) is 12.5. The Morgan fingerprint density at radius 2 is 2.14 bits per heavy atom. The number of hydrogen-bond acceptors (Lipinski definition) is 4. The maximum Gasteiger partial charge on any atom is 0.251 e. The molecule has 0 saturated heterocycles. The zero-order valence-corrected chi connectivity index (χ0v) is 16.3. The molecule has 1 aliphatic carbocycles. The lowest BCUT2D eigenvalue weighted by Crippen LogP contribution is -2.45. The van der Waals surface area contributed by atoms with Crippen molar-refractivity contribution in [3.63, 3.8) is 0 Å². The number of hydrogen-bond donors (Lipinski definition) is 3. The molecule has 3 N–H and O–H groups in total. The Morgan fingerprint density at radius 1 is 1.32 bits per heavy atom. The third kappa shape index (κ3) is 4.98. The van der Waals surface area contributed by atoms with E-state index in [1.54, 1.807) is 12.1 Å². The minimum atomic E-state index is -1.16. The smallest absolute Gasteiger partial charge is 0.251 e. The average molecular weight is 400 g/mol. The molecule has 2 aromatic carbocycles. The molecule has 0 heterocycles. The molecule has 28 heavy (non-hydrogen) atoms. The molecule has 0 bridgehead atoms. The summed E-state index contributed by atoms with van der Waals surface area (Å²) >= 11 is 5.97. The van der Waals surface area contributed by atoms with Crippen LogP contribution in [0.1, 0.15) is 41.6 Å². The van der Waals surface area contributed by atoms with Crippen molar-refractivity contribution >= 4 is 17.5 Å². The van der Waals surface area contributed by atoms with E-state index in [1.165, 1.54) is 25.3 Å². The summed E-state index contributed by atoms with van der Waals surface area (Å²) in [6.07, 6.45) is 2.42. The Balaban J connectivity index is 1.68. The number of phenolic OH excluding ortho intramolecular Hbond substituents is 1. The number of phenols is 1. The zero-order valence-electron chi connectivity index (χ0n) is 15.5. The van der Waals surface area contributed by atoms with Crippen molar-refractivity contribution in [1.82, 2.24) is 5.32 Å². The van der Waals surface area contributed by atoms with Gasteiger partial charge in [-0.3, -0.25) is 4.79 Å². The van der Waals surface area contributed by atoms with Gasteiger partial charge in [0.1, 0.15) is 5.60 Å². The summed E-state index contributed by atoms with van der Waals surface area (Å²) in [5, 5.41) is 24.1. The zero-order chi connectivity index (χ0) is 20.1. The van der Waals surface area contributed by atoms with E-state index in [4.69, 9.17) is 16.3 Å². The van der Waals surface area contributed by atoms with Crippen molar-refractivity contribution in [2.75, 3.05) is 7.11 Å². The first-order valence-electron chi connectivity index (χ1n) is 9.07. The van der Waals surface area contributed by atoms with Crippen LogP contribution in [0.2, 0.25) is 5.02 Å². The molecular weight excluding hydrogens is 378 g/mol. The molecule has 0 aromatic heterocycles. The summed E-state index contributed by atoms with van der Waals surface area (Å²) < 4.78 is 5.04. The van der Waals surface area contributed by atoms with Crippen LogP contribution in [-0.4, -0.2) is 34.9 Å². The number of carbonyl (C=O) groups is 1. The maximum atomic E-state index is 12.5. The van der Waals surface area contributed by atoms with Crippen LogP contribution in [0, 0.1) is 11.8 Å². The largest absolute Gasteiger partial charge is 0.504 e. The highest BCUT2D eigenvalue weighted by Gasteiger charge is 2.33. The highest BCUT2D eigenvalue weighted by atomic mass is 35.5. The maximum absolute atomic E-state index is 12.5. The van der Waals surface area contributed by atoms with Gasteiger partial charge in [-0.2, -0.15) is 0 Å². The van der Waals surface area contributed by atoms with Crippen LogP contribution >= 0.6 is 11.6 Å². The number of carbonyl (C=O) groups excluding carboxylic acids is 1. The Bertz CT molecular complexity index is 934. The van der Waals surface area contributed by atoms with Gasteiger partial charge >= 0.3 is 0 Å². The van der Waals surface area contributed by atoms with E-state index in [9.17, 15) is 15.0 Å². The van der Waals surface area contributed by atoms with Crippen molar-refractivity contribution in [3.05, 3.63) is 58.6 Å². The number of nitrogens with one attached hydrogen (secondary N) is 1. The lowest BCUT2D eigenvalue weighted by atomic mass is 9.82. The topological polar surface area (TPSA) is 78.8 Å². The van der Waals surface area contributed by atoms with E-state index < -0.39 is 5.60 Å². The van der Waals surface area contributed by atoms with Gasteiger partial charge in [0.25, 0.3) is 5.91 Å². The lowest BCUT2D eigenvalue weighted by molar-refractivity contribution is 0.0452. The predicted molar refractivity (Wildman–Crippen MR) is 108 cm³/mol. The Kier molecular flexibility index (Phi) is 6.13. The van der Waals surface area contributed by atoms with Crippen LogP contribution in [-0.2, 0) is 0 Å². The molecule has 1 aliphatic rings. The molecule has 0 spiro atoms. The highest BCUT2D eigenvalue weighted by Crippen LogP contribution is 2.29. The van der Waals surface area contributed by atoms with E-state index in [0.717, 1.165) is 18.4 Å². The number of methoxy groups -OCH3 is 1. The first-order valence-corrected chi connectivity index (χ1v) is 9.45. The van der Waals surface area contributed by atoms with Gasteiger partial charge in [0.2, 0.25) is 0 Å². The van der Waals surface area contributed by atoms with Crippen LogP contribution in [0.15, 0.2) is 42.5 Å². The number of amides is 1. The van der Waals surface area contributed by atoms with E-state index in [-0.39, 0.29) is 23.4 Å². The van der Waals surface area contributed by atoms with Crippen molar-refractivity contribution in [2.45, 2.75) is 37.3 Å². The molecule has 3 rings (SSSR count). The van der Waals surface area contributed by atoms with E-state index >= 15 is 0 Å². The standard InChI is InChI=1S/C22H22ClNO4/c1-28-20-13-16(7-8-19(20)25)21(26)24-18-6-3-10-22(27,14-18)11-9-15-4-2-5-17(23)12-15/h2,4-5,7-8,12-13,18,25,27H,3,6,10,14H2,1H3,(H,24,26)/t18-,22+/m0/s1. The fourth-order valence-corrected chi connectivity index (χ4v) is 3.52. The molecule has 0 radical (unpaired) electrons. The summed E-state index contributed by atoms with van der Waals surface area (Å²) in [6.45, 7) is 0. The molecule has 0 unspecified atom stereocenters. The minimum absolute atomic E-state index is 0.0256. The van der Waals surface area contributed by atoms with E-state index in [0.29, 0.717) is 23.4 Å². The van der Waals surface area contributed by atoms with Gasteiger partial charge in [-0.25, -0.2) is 0 Å². The van der Waals surface area contributed by atoms with Crippen LogP contribution in [0.3, 0.4) is 0 Å².